The molecule has 0 saturated carbocycles. The van der Waals surface area contributed by atoms with Gasteiger partial charge in [-0.15, -0.1) is 0 Å². The van der Waals surface area contributed by atoms with E-state index >= 15 is 0 Å². The van der Waals surface area contributed by atoms with Crippen LogP contribution >= 0.6 is 0 Å². The van der Waals surface area contributed by atoms with E-state index in [9.17, 15) is 4.21 Å². The predicted octanol–water partition coefficient (Wildman–Crippen LogP) is 3.05. The van der Waals surface area contributed by atoms with Crippen molar-refractivity contribution in [2.24, 2.45) is 5.92 Å². The molecule has 0 bridgehead atoms. The van der Waals surface area contributed by atoms with E-state index < -0.39 is 10.8 Å². The molecule has 0 saturated heterocycles. The quantitative estimate of drug-likeness (QED) is 0.822. The lowest BCUT2D eigenvalue weighted by Gasteiger charge is -2.20. The van der Waals surface area contributed by atoms with Gasteiger partial charge in [-0.25, -0.2) is 0 Å². The van der Waals surface area contributed by atoms with E-state index in [4.69, 9.17) is 0 Å². The van der Waals surface area contributed by atoms with Gasteiger partial charge in [-0.1, -0.05) is 45.0 Å². The molecule has 0 heterocycles. The first kappa shape index (κ1) is 15.4. The first-order chi connectivity index (χ1) is 8.54. The normalized spacial score (nSPS) is 14.7. The van der Waals surface area contributed by atoms with Crippen LogP contribution in [0.15, 0.2) is 24.3 Å². The zero-order chi connectivity index (χ0) is 13.5. The molecule has 1 aromatic rings. The highest BCUT2D eigenvalue weighted by Gasteiger charge is 2.16. The molecule has 2 atom stereocenters. The molecule has 0 aliphatic carbocycles. The van der Waals surface area contributed by atoms with Crippen LogP contribution in [0, 0.1) is 12.8 Å². The number of benzene rings is 1. The van der Waals surface area contributed by atoms with Crippen LogP contribution in [0.2, 0.25) is 0 Å². The SMILES string of the molecule is CCNC(CS(=O)CC(C)C)c1ccccc1C. The maximum atomic E-state index is 12.1. The van der Waals surface area contributed by atoms with Crippen molar-refractivity contribution in [3.63, 3.8) is 0 Å². The number of nitrogens with one attached hydrogen (secondary N) is 1. The smallest absolute Gasteiger partial charge is 0.0439 e. The predicted molar refractivity (Wildman–Crippen MR) is 80.3 cm³/mol. The Morgan fingerprint density at radius 3 is 2.44 bits per heavy atom. The van der Waals surface area contributed by atoms with Gasteiger partial charge in [0.1, 0.15) is 0 Å². The Labute approximate surface area is 114 Å². The lowest BCUT2D eigenvalue weighted by molar-refractivity contribution is 0.588. The van der Waals surface area contributed by atoms with Crippen LogP contribution in [-0.2, 0) is 10.8 Å². The van der Waals surface area contributed by atoms with Crippen molar-refractivity contribution in [2.45, 2.75) is 33.7 Å². The average Bonchev–Trinajstić information content (AvgIpc) is 2.28. The Hall–Kier alpha value is -0.670. The topological polar surface area (TPSA) is 29.1 Å². The highest BCUT2D eigenvalue weighted by atomic mass is 32.2. The molecule has 0 aliphatic heterocycles. The minimum Gasteiger partial charge on any atom is -0.309 e. The summed E-state index contributed by atoms with van der Waals surface area (Å²) in [4.78, 5) is 0. The van der Waals surface area contributed by atoms with Crippen LogP contribution in [0.4, 0.5) is 0 Å². The minimum absolute atomic E-state index is 0.204. The van der Waals surface area contributed by atoms with Crippen LogP contribution in [0.1, 0.15) is 37.9 Å². The van der Waals surface area contributed by atoms with Crippen LogP contribution in [0.3, 0.4) is 0 Å². The fourth-order valence-corrected chi connectivity index (χ4v) is 3.66. The standard InChI is InChI=1S/C15H25NOS/c1-5-16-15(11-18(17)10-12(2)3)14-9-7-6-8-13(14)4/h6-9,12,15-16H,5,10-11H2,1-4H3. The zero-order valence-corrected chi connectivity index (χ0v) is 12.7. The lowest BCUT2D eigenvalue weighted by atomic mass is 10.0. The van der Waals surface area contributed by atoms with Gasteiger partial charge >= 0.3 is 0 Å². The molecular formula is C15H25NOS. The van der Waals surface area contributed by atoms with Crippen LogP contribution in [0.5, 0.6) is 0 Å². The van der Waals surface area contributed by atoms with Crippen molar-refractivity contribution in [3.05, 3.63) is 35.4 Å². The van der Waals surface area contributed by atoms with Crippen molar-refractivity contribution >= 4 is 10.8 Å². The second-order valence-corrected chi connectivity index (χ2v) is 6.68. The molecule has 102 valence electrons. The first-order valence-electron chi connectivity index (χ1n) is 6.68. The van der Waals surface area contributed by atoms with Crippen molar-refractivity contribution in [1.29, 1.82) is 0 Å². The molecule has 0 aliphatic rings. The van der Waals surface area contributed by atoms with Gasteiger partial charge in [-0.3, -0.25) is 4.21 Å². The Kier molecular flexibility index (Phi) is 6.58. The van der Waals surface area contributed by atoms with Gasteiger partial charge in [0.05, 0.1) is 0 Å². The van der Waals surface area contributed by atoms with Gasteiger partial charge in [0.15, 0.2) is 0 Å². The third-order valence-corrected chi connectivity index (χ3v) is 4.63. The Balaban J connectivity index is 2.77. The van der Waals surface area contributed by atoms with Gasteiger partial charge in [-0.05, 0) is 30.5 Å². The second-order valence-electron chi connectivity index (χ2n) is 5.13. The average molecular weight is 267 g/mol. The summed E-state index contributed by atoms with van der Waals surface area (Å²) < 4.78 is 12.1. The molecule has 1 aromatic carbocycles. The maximum absolute atomic E-state index is 12.1. The summed E-state index contributed by atoms with van der Waals surface area (Å²) in [5.41, 5.74) is 2.54. The molecule has 1 N–H and O–H groups in total. The van der Waals surface area contributed by atoms with Crippen molar-refractivity contribution < 1.29 is 4.21 Å². The molecule has 0 aromatic heterocycles. The summed E-state index contributed by atoms with van der Waals surface area (Å²) in [6, 6.07) is 8.56. The van der Waals surface area contributed by atoms with Gasteiger partial charge in [0.25, 0.3) is 0 Å². The van der Waals surface area contributed by atoms with Crippen LogP contribution in [0.25, 0.3) is 0 Å². The molecule has 0 spiro atoms. The molecule has 2 nitrogen and oxygen atoms in total. The summed E-state index contributed by atoms with van der Waals surface area (Å²) in [7, 11) is -0.753. The third kappa shape index (κ3) is 4.91. The van der Waals surface area contributed by atoms with E-state index in [0.29, 0.717) is 11.7 Å². The molecule has 0 radical (unpaired) electrons. The molecule has 3 heteroatoms. The van der Waals surface area contributed by atoms with Crippen molar-refractivity contribution in [1.82, 2.24) is 5.32 Å². The Bertz CT molecular complexity index is 390. The fraction of sp³-hybridized carbons (Fsp3) is 0.600. The zero-order valence-electron chi connectivity index (χ0n) is 11.9. The van der Waals surface area contributed by atoms with E-state index in [2.05, 4.69) is 51.2 Å². The molecule has 18 heavy (non-hydrogen) atoms. The van der Waals surface area contributed by atoms with Crippen molar-refractivity contribution in [2.75, 3.05) is 18.1 Å². The summed E-state index contributed by atoms with van der Waals surface area (Å²) >= 11 is 0. The minimum atomic E-state index is -0.753. The Morgan fingerprint density at radius 2 is 1.89 bits per heavy atom. The number of aryl methyl sites for hydroxylation is 1. The summed E-state index contributed by atoms with van der Waals surface area (Å²) in [6.07, 6.45) is 0. The third-order valence-electron chi connectivity index (χ3n) is 2.89. The van der Waals surface area contributed by atoms with E-state index in [1.807, 2.05) is 6.07 Å². The van der Waals surface area contributed by atoms with E-state index in [-0.39, 0.29) is 6.04 Å². The molecule has 1 rings (SSSR count). The highest BCUT2D eigenvalue weighted by Crippen LogP contribution is 2.19. The first-order valence-corrected chi connectivity index (χ1v) is 8.17. The van der Waals surface area contributed by atoms with Crippen LogP contribution in [-0.4, -0.2) is 22.3 Å². The summed E-state index contributed by atoms with van der Waals surface area (Å²) in [6.45, 7) is 9.35. The molecule has 0 fully saturated rings. The molecular weight excluding hydrogens is 242 g/mol. The second kappa shape index (κ2) is 7.70. The number of hydrogen-bond donors (Lipinski definition) is 1. The Morgan fingerprint density at radius 1 is 1.22 bits per heavy atom. The summed E-state index contributed by atoms with van der Waals surface area (Å²) in [5.74, 6) is 1.98. The van der Waals surface area contributed by atoms with Gasteiger partial charge in [0.2, 0.25) is 0 Å². The van der Waals surface area contributed by atoms with Gasteiger partial charge in [-0.2, -0.15) is 0 Å². The van der Waals surface area contributed by atoms with E-state index in [0.717, 1.165) is 12.3 Å². The van der Waals surface area contributed by atoms with Crippen LogP contribution < -0.4 is 5.32 Å². The monoisotopic (exact) mass is 267 g/mol. The van der Waals surface area contributed by atoms with E-state index in [1.54, 1.807) is 0 Å². The van der Waals surface area contributed by atoms with Gasteiger partial charge in [0, 0.05) is 28.3 Å². The lowest BCUT2D eigenvalue weighted by Crippen LogP contribution is -2.28. The molecule has 0 amide bonds. The number of rotatable bonds is 7. The summed E-state index contributed by atoms with van der Waals surface area (Å²) in [5, 5.41) is 3.45. The fourth-order valence-electron chi connectivity index (χ4n) is 2.11. The van der Waals surface area contributed by atoms with E-state index in [1.165, 1.54) is 11.1 Å². The molecule has 2 unspecified atom stereocenters. The van der Waals surface area contributed by atoms with Gasteiger partial charge < -0.3 is 5.32 Å². The maximum Gasteiger partial charge on any atom is 0.0439 e. The number of hydrogen-bond acceptors (Lipinski definition) is 2. The highest BCUT2D eigenvalue weighted by molar-refractivity contribution is 7.85. The van der Waals surface area contributed by atoms with Crippen molar-refractivity contribution in [3.8, 4) is 0 Å². The largest absolute Gasteiger partial charge is 0.309 e.